The average Bonchev–Trinajstić information content (AvgIpc) is 2.86. The monoisotopic (exact) mass is 290 g/mol. The van der Waals surface area contributed by atoms with Gasteiger partial charge in [0.05, 0.1) is 19.3 Å². The Kier molecular flexibility index (Phi) is 4.47. The van der Waals surface area contributed by atoms with E-state index in [1.807, 2.05) is 6.92 Å². The predicted octanol–water partition coefficient (Wildman–Crippen LogP) is 2.17. The fraction of sp³-hybridized carbons (Fsp3) is 0.333. The number of furan rings is 1. The van der Waals surface area contributed by atoms with E-state index < -0.39 is 5.97 Å². The minimum atomic E-state index is -0.415. The first-order valence-electron chi connectivity index (χ1n) is 6.67. The molecule has 2 aromatic heterocycles. The van der Waals surface area contributed by atoms with E-state index in [1.165, 1.54) is 13.2 Å². The topological polar surface area (TPSA) is 73.5 Å². The van der Waals surface area contributed by atoms with Crippen molar-refractivity contribution in [2.24, 2.45) is 0 Å². The molecule has 21 heavy (non-hydrogen) atoms. The molecule has 0 saturated carbocycles. The highest BCUT2D eigenvalue weighted by Crippen LogP contribution is 2.17. The molecule has 2 heterocycles. The SMILES string of the molecule is CCn1cc(NCc2cc(C(=O)OC)c(C)o2)ccc1=O. The zero-order valence-corrected chi connectivity index (χ0v) is 12.3. The summed E-state index contributed by atoms with van der Waals surface area (Å²) in [5.41, 5.74) is 1.20. The molecular weight excluding hydrogens is 272 g/mol. The lowest BCUT2D eigenvalue weighted by molar-refractivity contribution is 0.0599. The Morgan fingerprint density at radius 2 is 2.19 bits per heavy atom. The van der Waals surface area contributed by atoms with Crippen LogP contribution in [0.5, 0.6) is 0 Å². The Labute approximate surface area is 122 Å². The van der Waals surface area contributed by atoms with Gasteiger partial charge in [0.25, 0.3) is 5.56 Å². The van der Waals surface area contributed by atoms with Gasteiger partial charge in [-0.1, -0.05) is 0 Å². The summed E-state index contributed by atoms with van der Waals surface area (Å²) >= 11 is 0. The number of esters is 1. The van der Waals surface area contributed by atoms with Gasteiger partial charge in [0, 0.05) is 18.8 Å². The van der Waals surface area contributed by atoms with Crippen LogP contribution in [0.2, 0.25) is 0 Å². The van der Waals surface area contributed by atoms with Gasteiger partial charge in [-0.15, -0.1) is 0 Å². The van der Waals surface area contributed by atoms with Crippen LogP contribution in [0.1, 0.15) is 28.8 Å². The maximum atomic E-state index is 11.5. The number of hydrogen-bond donors (Lipinski definition) is 1. The van der Waals surface area contributed by atoms with Crippen molar-refractivity contribution < 1.29 is 13.9 Å². The Balaban J connectivity index is 2.10. The molecule has 6 heteroatoms. The number of rotatable bonds is 5. The molecule has 0 amide bonds. The zero-order valence-electron chi connectivity index (χ0n) is 12.3. The van der Waals surface area contributed by atoms with Crippen LogP contribution < -0.4 is 10.9 Å². The first-order chi connectivity index (χ1) is 10.0. The van der Waals surface area contributed by atoms with E-state index >= 15 is 0 Å². The summed E-state index contributed by atoms with van der Waals surface area (Å²) < 4.78 is 11.8. The minimum Gasteiger partial charge on any atom is -0.465 e. The van der Waals surface area contributed by atoms with Crippen LogP contribution in [-0.4, -0.2) is 17.6 Å². The number of aromatic nitrogens is 1. The number of pyridine rings is 1. The van der Waals surface area contributed by atoms with Crippen molar-refractivity contribution in [3.8, 4) is 0 Å². The van der Waals surface area contributed by atoms with Crippen LogP contribution in [0.3, 0.4) is 0 Å². The number of nitrogens with one attached hydrogen (secondary N) is 1. The van der Waals surface area contributed by atoms with E-state index in [4.69, 9.17) is 4.42 Å². The standard InChI is InChI=1S/C15H18N2O4/c1-4-17-9-11(5-6-14(17)18)16-8-12-7-13(10(2)21-12)15(19)20-3/h5-7,9,16H,4,8H2,1-3H3. The van der Waals surface area contributed by atoms with E-state index in [2.05, 4.69) is 10.1 Å². The van der Waals surface area contributed by atoms with Gasteiger partial charge in [0.2, 0.25) is 0 Å². The summed E-state index contributed by atoms with van der Waals surface area (Å²) in [6, 6.07) is 4.88. The highest BCUT2D eigenvalue weighted by molar-refractivity contribution is 5.90. The maximum Gasteiger partial charge on any atom is 0.341 e. The molecule has 0 aliphatic heterocycles. The molecule has 0 fully saturated rings. The quantitative estimate of drug-likeness (QED) is 0.854. The minimum absolute atomic E-state index is 0.0372. The van der Waals surface area contributed by atoms with Gasteiger partial charge in [-0.25, -0.2) is 4.79 Å². The fourth-order valence-electron chi connectivity index (χ4n) is 2.02. The molecule has 0 aliphatic rings. The predicted molar refractivity (Wildman–Crippen MR) is 78.5 cm³/mol. The highest BCUT2D eigenvalue weighted by atomic mass is 16.5. The van der Waals surface area contributed by atoms with Crippen LogP contribution >= 0.6 is 0 Å². The Morgan fingerprint density at radius 1 is 1.43 bits per heavy atom. The summed E-state index contributed by atoms with van der Waals surface area (Å²) in [7, 11) is 1.33. The van der Waals surface area contributed by atoms with Crippen LogP contribution in [0.25, 0.3) is 0 Å². The van der Waals surface area contributed by atoms with Crippen molar-refractivity contribution in [2.75, 3.05) is 12.4 Å². The molecule has 6 nitrogen and oxygen atoms in total. The van der Waals surface area contributed by atoms with Crippen molar-refractivity contribution in [1.29, 1.82) is 0 Å². The summed E-state index contributed by atoms with van der Waals surface area (Å²) in [4.78, 5) is 23.0. The van der Waals surface area contributed by atoms with Crippen molar-refractivity contribution >= 4 is 11.7 Å². The largest absolute Gasteiger partial charge is 0.465 e. The second-order valence-electron chi connectivity index (χ2n) is 4.57. The van der Waals surface area contributed by atoms with Crippen LogP contribution in [0.15, 0.2) is 33.6 Å². The third-order valence-corrected chi connectivity index (χ3v) is 3.17. The molecule has 0 bridgehead atoms. The Morgan fingerprint density at radius 3 is 2.86 bits per heavy atom. The lowest BCUT2D eigenvalue weighted by Crippen LogP contribution is -2.17. The van der Waals surface area contributed by atoms with Crippen molar-refractivity contribution in [3.63, 3.8) is 0 Å². The Bertz CT molecular complexity index is 700. The average molecular weight is 290 g/mol. The number of ether oxygens (including phenoxy) is 1. The zero-order chi connectivity index (χ0) is 15.4. The van der Waals surface area contributed by atoms with E-state index in [1.54, 1.807) is 29.8 Å². The molecule has 0 atom stereocenters. The lowest BCUT2D eigenvalue weighted by Gasteiger charge is -2.07. The smallest absolute Gasteiger partial charge is 0.341 e. The molecule has 2 aromatic rings. The van der Waals surface area contributed by atoms with E-state index in [9.17, 15) is 9.59 Å². The number of carbonyl (C=O) groups excluding carboxylic acids is 1. The molecule has 0 aromatic carbocycles. The number of nitrogens with zero attached hydrogens (tertiary/aromatic N) is 1. The normalized spacial score (nSPS) is 10.4. The number of hydrogen-bond acceptors (Lipinski definition) is 5. The second kappa shape index (κ2) is 6.30. The lowest BCUT2D eigenvalue weighted by atomic mass is 10.2. The molecule has 112 valence electrons. The number of methoxy groups -OCH3 is 1. The Hall–Kier alpha value is -2.50. The van der Waals surface area contributed by atoms with Gasteiger partial charge in [-0.3, -0.25) is 4.79 Å². The molecule has 0 unspecified atom stereocenters. The van der Waals surface area contributed by atoms with E-state index in [0.717, 1.165) is 5.69 Å². The van der Waals surface area contributed by atoms with E-state index in [0.29, 0.717) is 30.2 Å². The van der Waals surface area contributed by atoms with Gasteiger partial charge >= 0.3 is 5.97 Å². The van der Waals surface area contributed by atoms with E-state index in [-0.39, 0.29) is 5.56 Å². The molecule has 0 aliphatic carbocycles. The summed E-state index contributed by atoms with van der Waals surface area (Å²) in [5.74, 6) is 0.737. The number of carbonyl (C=O) groups is 1. The first-order valence-corrected chi connectivity index (χ1v) is 6.67. The summed E-state index contributed by atoms with van der Waals surface area (Å²) in [6.45, 7) is 4.65. The third-order valence-electron chi connectivity index (χ3n) is 3.17. The van der Waals surface area contributed by atoms with Gasteiger partial charge in [-0.05, 0) is 26.0 Å². The first kappa shape index (κ1) is 14.9. The van der Waals surface area contributed by atoms with Crippen LogP contribution in [0.4, 0.5) is 5.69 Å². The van der Waals surface area contributed by atoms with Crippen molar-refractivity contribution in [1.82, 2.24) is 4.57 Å². The van der Waals surface area contributed by atoms with Gasteiger partial charge in [0.1, 0.15) is 17.1 Å². The highest BCUT2D eigenvalue weighted by Gasteiger charge is 2.15. The van der Waals surface area contributed by atoms with Crippen LogP contribution in [0, 0.1) is 6.92 Å². The van der Waals surface area contributed by atoms with Crippen molar-refractivity contribution in [2.45, 2.75) is 26.9 Å². The number of aryl methyl sites for hydroxylation is 2. The molecule has 2 rings (SSSR count). The second-order valence-corrected chi connectivity index (χ2v) is 4.57. The fourth-order valence-corrected chi connectivity index (χ4v) is 2.02. The summed E-state index contributed by atoms with van der Waals surface area (Å²) in [5, 5.41) is 3.15. The third kappa shape index (κ3) is 3.34. The summed E-state index contributed by atoms with van der Waals surface area (Å²) in [6.07, 6.45) is 1.75. The molecule has 1 N–H and O–H groups in total. The van der Waals surface area contributed by atoms with Gasteiger partial charge in [0.15, 0.2) is 0 Å². The van der Waals surface area contributed by atoms with Crippen LogP contribution in [-0.2, 0) is 17.8 Å². The molecule has 0 radical (unpaired) electrons. The van der Waals surface area contributed by atoms with Crippen molar-refractivity contribution in [3.05, 3.63) is 51.8 Å². The van der Waals surface area contributed by atoms with Gasteiger partial charge in [-0.2, -0.15) is 0 Å². The molecular formula is C15H18N2O4. The van der Waals surface area contributed by atoms with Gasteiger partial charge < -0.3 is 19.0 Å². The maximum absolute atomic E-state index is 11.5. The molecule has 0 saturated heterocycles. The number of anilines is 1. The molecule has 0 spiro atoms.